The number of aliphatic hydroxyl groups excluding tert-OH is 1. The molecule has 0 aromatic heterocycles. The Kier molecular flexibility index (Phi) is 4.76. The third-order valence-corrected chi connectivity index (χ3v) is 3.09. The van der Waals surface area contributed by atoms with Crippen molar-refractivity contribution < 1.29 is 23.4 Å². The third kappa shape index (κ3) is 5.30. The van der Waals surface area contributed by atoms with Gasteiger partial charge in [0.15, 0.2) is 0 Å². The second-order valence-electron chi connectivity index (χ2n) is 6.26. The first kappa shape index (κ1) is 16.1. The number of rotatable bonds is 1. The molecule has 0 saturated carbocycles. The number of carbonyl (C=O) groups is 1. The van der Waals surface area contributed by atoms with Crippen LogP contribution >= 0.6 is 0 Å². The van der Waals surface area contributed by atoms with Crippen LogP contribution in [0.25, 0.3) is 0 Å². The highest BCUT2D eigenvalue weighted by molar-refractivity contribution is 5.68. The van der Waals surface area contributed by atoms with Gasteiger partial charge in [-0.1, -0.05) is 0 Å². The Morgan fingerprint density at radius 1 is 1.47 bits per heavy atom. The summed E-state index contributed by atoms with van der Waals surface area (Å²) in [6, 6.07) is 0. The summed E-state index contributed by atoms with van der Waals surface area (Å²) >= 11 is 0. The zero-order valence-electron chi connectivity index (χ0n) is 11.9. The van der Waals surface area contributed by atoms with Gasteiger partial charge in [-0.25, -0.2) is 13.6 Å². The number of amides is 1. The minimum absolute atomic E-state index is 0.0994. The highest BCUT2D eigenvalue weighted by Gasteiger charge is 2.40. The van der Waals surface area contributed by atoms with Crippen molar-refractivity contribution in [2.45, 2.75) is 58.2 Å². The van der Waals surface area contributed by atoms with Gasteiger partial charge in [-0.05, 0) is 34.1 Å². The van der Waals surface area contributed by atoms with Gasteiger partial charge in [-0.2, -0.15) is 0 Å². The topological polar surface area (TPSA) is 49.8 Å². The van der Waals surface area contributed by atoms with E-state index >= 15 is 0 Å². The average molecular weight is 279 g/mol. The van der Waals surface area contributed by atoms with Crippen LogP contribution in [0.2, 0.25) is 0 Å². The summed E-state index contributed by atoms with van der Waals surface area (Å²) in [7, 11) is 0. The summed E-state index contributed by atoms with van der Waals surface area (Å²) in [5, 5.41) is 9.58. The zero-order valence-corrected chi connectivity index (χ0v) is 11.9. The van der Waals surface area contributed by atoms with Crippen molar-refractivity contribution in [3.8, 4) is 0 Å². The summed E-state index contributed by atoms with van der Waals surface area (Å²) in [5.74, 6) is -3.28. The molecule has 0 bridgehead atoms. The molecule has 1 heterocycles. The van der Waals surface area contributed by atoms with Gasteiger partial charge in [0.05, 0.1) is 12.6 Å². The lowest BCUT2D eigenvalue weighted by molar-refractivity contribution is -0.0389. The van der Waals surface area contributed by atoms with Crippen molar-refractivity contribution in [3.05, 3.63) is 0 Å². The first-order chi connectivity index (χ1) is 8.50. The largest absolute Gasteiger partial charge is 0.444 e. The second-order valence-corrected chi connectivity index (χ2v) is 6.26. The van der Waals surface area contributed by atoms with Crippen molar-refractivity contribution in [1.29, 1.82) is 0 Å². The van der Waals surface area contributed by atoms with E-state index in [1.807, 2.05) is 0 Å². The summed E-state index contributed by atoms with van der Waals surface area (Å²) in [6.07, 6.45) is -1.59. The standard InChI is InChI=1S/C13H23F2NO3/c1-9(17)10-5-6-13(14,15)8-16(7-10)11(18)19-12(2,3)4/h9-10,17H,5-8H2,1-4H3/t9?,10-/m1/s1. The van der Waals surface area contributed by atoms with Crippen LogP contribution in [0.3, 0.4) is 0 Å². The smallest absolute Gasteiger partial charge is 0.410 e. The Hall–Kier alpha value is -0.910. The molecular formula is C13H23F2NO3. The van der Waals surface area contributed by atoms with Crippen molar-refractivity contribution in [1.82, 2.24) is 4.90 Å². The summed E-state index contributed by atoms with van der Waals surface area (Å²) in [4.78, 5) is 12.9. The lowest BCUT2D eigenvalue weighted by Crippen LogP contribution is -2.44. The predicted molar refractivity (Wildman–Crippen MR) is 67.2 cm³/mol. The first-order valence-electron chi connectivity index (χ1n) is 6.54. The van der Waals surface area contributed by atoms with Crippen LogP contribution in [0.5, 0.6) is 0 Å². The van der Waals surface area contributed by atoms with Gasteiger partial charge in [0, 0.05) is 18.9 Å². The van der Waals surface area contributed by atoms with Gasteiger partial charge >= 0.3 is 6.09 Å². The molecule has 112 valence electrons. The number of hydrogen-bond donors (Lipinski definition) is 1. The fourth-order valence-electron chi connectivity index (χ4n) is 2.05. The van der Waals surface area contributed by atoms with E-state index in [1.165, 1.54) is 0 Å². The molecule has 1 saturated heterocycles. The molecule has 1 aliphatic rings. The monoisotopic (exact) mass is 279 g/mol. The van der Waals surface area contributed by atoms with Crippen LogP contribution < -0.4 is 0 Å². The minimum Gasteiger partial charge on any atom is -0.444 e. The molecule has 1 rings (SSSR count). The number of alkyl halides is 2. The van der Waals surface area contributed by atoms with Crippen LogP contribution in [0, 0.1) is 5.92 Å². The van der Waals surface area contributed by atoms with Gasteiger partial charge in [-0.3, -0.25) is 0 Å². The number of ether oxygens (including phenoxy) is 1. The quantitative estimate of drug-likeness (QED) is 0.802. The van der Waals surface area contributed by atoms with E-state index in [1.54, 1.807) is 27.7 Å². The van der Waals surface area contributed by atoms with Crippen molar-refractivity contribution >= 4 is 6.09 Å². The molecule has 1 unspecified atom stereocenters. The number of carbonyl (C=O) groups excluding carboxylic acids is 1. The van der Waals surface area contributed by atoms with Crippen LogP contribution in [0.1, 0.15) is 40.5 Å². The van der Waals surface area contributed by atoms with Gasteiger partial charge in [0.1, 0.15) is 5.60 Å². The van der Waals surface area contributed by atoms with E-state index < -0.39 is 30.3 Å². The molecule has 0 spiro atoms. The average Bonchev–Trinajstić information content (AvgIpc) is 2.34. The van der Waals surface area contributed by atoms with Gasteiger partial charge < -0.3 is 14.7 Å². The molecule has 2 atom stereocenters. The number of likely N-dealkylation sites (tertiary alicyclic amines) is 1. The molecule has 0 aromatic carbocycles. The molecular weight excluding hydrogens is 256 g/mol. The molecule has 1 aliphatic heterocycles. The van der Waals surface area contributed by atoms with Gasteiger partial charge in [-0.15, -0.1) is 0 Å². The maximum atomic E-state index is 13.6. The van der Waals surface area contributed by atoms with Crippen molar-refractivity contribution in [2.75, 3.05) is 13.1 Å². The van der Waals surface area contributed by atoms with Crippen molar-refractivity contribution in [3.63, 3.8) is 0 Å². The molecule has 0 aliphatic carbocycles. The van der Waals surface area contributed by atoms with Crippen LogP contribution in [-0.2, 0) is 4.74 Å². The van der Waals surface area contributed by atoms with Crippen LogP contribution in [-0.4, -0.2) is 46.8 Å². The third-order valence-electron chi connectivity index (χ3n) is 3.09. The SMILES string of the molecule is CC(O)[C@@H]1CCC(F)(F)CN(C(=O)OC(C)(C)C)C1. The van der Waals surface area contributed by atoms with E-state index in [4.69, 9.17) is 4.74 Å². The number of hydrogen-bond acceptors (Lipinski definition) is 3. The van der Waals surface area contributed by atoms with E-state index in [2.05, 4.69) is 0 Å². The van der Waals surface area contributed by atoms with E-state index in [-0.39, 0.29) is 25.3 Å². The maximum absolute atomic E-state index is 13.6. The summed E-state index contributed by atoms with van der Waals surface area (Å²) in [5.41, 5.74) is -0.723. The van der Waals surface area contributed by atoms with Crippen LogP contribution in [0.15, 0.2) is 0 Å². The normalized spacial score (nSPS) is 25.6. The Morgan fingerprint density at radius 3 is 2.53 bits per heavy atom. The number of aliphatic hydroxyl groups is 1. The Balaban J connectivity index is 2.80. The molecule has 1 amide bonds. The lowest BCUT2D eigenvalue weighted by atomic mass is 9.97. The highest BCUT2D eigenvalue weighted by atomic mass is 19.3. The summed E-state index contributed by atoms with van der Waals surface area (Å²) in [6.45, 7) is 6.07. The number of nitrogens with zero attached hydrogens (tertiary/aromatic N) is 1. The van der Waals surface area contributed by atoms with E-state index in [0.29, 0.717) is 0 Å². The predicted octanol–water partition coefficient (Wildman–Crippen LogP) is 2.65. The van der Waals surface area contributed by atoms with Gasteiger partial charge in [0.2, 0.25) is 0 Å². The lowest BCUT2D eigenvalue weighted by Gasteiger charge is -2.29. The second kappa shape index (κ2) is 5.61. The highest BCUT2D eigenvalue weighted by Crippen LogP contribution is 2.30. The molecule has 0 radical (unpaired) electrons. The first-order valence-corrected chi connectivity index (χ1v) is 6.54. The van der Waals surface area contributed by atoms with Crippen molar-refractivity contribution in [2.24, 2.45) is 5.92 Å². The Morgan fingerprint density at radius 2 is 2.05 bits per heavy atom. The molecule has 4 nitrogen and oxygen atoms in total. The Bertz CT molecular complexity index is 326. The minimum atomic E-state index is -2.93. The van der Waals surface area contributed by atoms with Gasteiger partial charge in [0.25, 0.3) is 5.92 Å². The maximum Gasteiger partial charge on any atom is 0.410 e. The summed E-state index contributed by atoms with van der Waals surface area (Å²) < 4.78 is 32.4. The molecule has 1 fully saturated rings. The van der Waals surface area contributed by atoms with Crippen LogP contribution in [0.4, 0.5) is 13.6 Å². The fraction of sp³-hybridized carbons (Fsp3) is 0.923. The number of halogens is 2. The molecule has 6 heteroatoms. The fourth-order valence-corrected chi connectivity index (χ4v) is 2.05. The van der Waals surface area contributed by atoms with E-state index in [9.17, 15) is 18.7 Å². The molecule has 0 aromatic rings. The molecule has 19 heavy (non-hydrogen) atoms. The van der Waals surface area contributed by atoms with E-state index in [0.717, 1.165) is 4.90 Å². The Labute approximate surface area is 112 Å². The zero-order chi connectivity index (χ0) is 14.8. The molecule has 1 N–H and O–H groups in total.